The van der Waals surface area contributed by atoms with E-state index in [4.69, 9.17) is 5.26 Å². The van der Waals surface area contributed by atoms with E-state index in [-0.39, 0.29) is 5.92 Å². The minimum atomic E-state index is -4.28. The topological polar surface area (TPSA) is 23.8 Å². The first kappa shape index (κ1) is 21.6. The van der Waals surface area contributed by atoms with Crippen molar-refractivity contribution in [2.75, 3.05) is 0 Å². The van der Waals surface area contributed by atoms with E-state index in [1.165, 1.54) is 18.2 Å². The highest BCUT2D eigenvalue weighted by Crippen LogP contribution is 2.38. The molecule has 2 aliphatic carbocycles. The number of alkyl halides is 3. The quantitative estimate of drug-likeness (QED) is 0.286. The Balaban J connectivity index is 1.44. The van der Waals surface area contributed by atoms with Gasteiger partial charge in [0.05, 0.1) is 5.56 Å². The van der Waals surface area contributed by atoms with Gasteiger partial charge in [0.2, 0.25) is 0 Å². The number of rotatable bonds is 4. The first-order chi connectivity index (χ1) is 13.8. The molecule has 1 aromatic carbocycles. The van der Waals surface area contributed by atoms with Gasteiger partial charge >= 0.3 is 6.18 Å². The Morgan fingerprint density at radius 2 is 1.31 bits per heavy atom. The molecule has 2 fully saturated rings. The van der Waals surface area contributed by atoms with Crippen LogP contribution in [0.2, 0.25) is 0 Å². The Morgan fingerprint density at radius 3 is 1.79 bits per heavy atom. The second kappa shape index (κ2) is 9.61. The summed E-state index contributed by atoms with van der Waals surface area (Å²) in [5.41, 5.74) is 0.426. The van der Waals surface area contributed by atoms with Gasteiger partial charge in [0.1, 0.15) is 6.07 Å². The van der Waals surface area contributed by atoms with Gasteiger partial charge < -0.3 is 0 Å². The van der Waals surface area contributed by atoms with Crippen LogP contribution >= 0.6 is 0 Å². The summed E-state index contributed by atoms with van der Waals surface area (Å²) in [6.45, 7) is 0. The molecule has 0 amide bonds. The number of halogens is 4. The highest BCUT2D eigenvalue weighted by molar-refractivity contribution is 5.27. The molecule has 0 bridgehead atoms. The summed E-state index contributed by atoms with van der Waals surface area (Å²) in [6, 6.07) is 7.19. The predicted octanol–water partition coefficient (Wildman–Crippen LogP) is 7.72. The lowest BCUT2D eigenvalue weighted by Crippen LogP contribution is -2.14. The van der Waals surface area contributed by atoms with E-state index in [2.05, 4.69) is 12.2 Å². The number of hydrogen-bond donors (Lipinski definition) is 0. The van der Waals surface area contributed by atoms with E-state index in [1.807, 2.05) is 0 Å². The van der Waals surface area contributed by atoms with Crippen LogP contribution in [-0.2, 0) is 6.18 Å². The van der Waals surface area contributed by atoms with Gasteiger partial charge in [-0.1, -0.05) is 24.3 Å². The minimum Gasteiger partial charge on any atom is -0.195 e. The van der Waals surface area contributed by atoms with Crippen molar-refractivity contribution >= 4 is 0 Å². The SMILES string of the molecule is N#CC(F)=C[C@H]1CC[C@H](C=C[C@H]2CC[C@H](c3ccc(C(F)(F)F)cc3)CC2)CC1. The molecule has 0 saturated heterocycles. The van der Waals surface area contributed by atoms with E-state index in [0.717, 1.165) is 56.9 Å². The Morgan fingerprint density at radius 1 is 0.828 bits per heavy atom. The third-order valence-corrected chi connectivity index (χ3v) is 6.44. The third-order valence-electron chi connectivity index (χ3n) is 6.44. The molecule has 0 heterocycles. The van der Waals surface area contributed by atoms with Gasteiger partial charge in [0.15, 0.2) is 5.83 Å². The summed E-state index contributed by atoms with van der Waals surface area (Å²) in [5, 5.41) is 8.53. The molecule has 0 aromatic heterocycles. The van der Waals surface area contributed by atoms with Crippen molar-refractivity contribution in [2.45, 2.75) is 63.5 Å². The van der Waals surface area contributed by atoms with Crippen molar-refractivity contribution < 1.29 is 17.6 Å². The smallest absolute Gasteiger partial charge is 0.195 e. The molecule has 1 nitrogen and oxygen atoms in total. The molecule has 2 saturated carbocycles. The van der Waals surface area contributed by atoms with Crippen LogP contribution < -0.4 is 0 Å². The van der Waals surface area contributed by atoms with Crippen molar-refractivity contribution in [1.82, 2.24) is 0 Å². The van der Waals surface area contributed by atoms with Crippen LogP contribution in [0.3, 0.4) is 0 Å². The average Bonchev–Trinajstić information content (AvgIpc) is 2.73. The summed E-state index contributed by atoms with van der Waals surface area (Å²) in [5.74, 6) is 0.915. The van der Waals surface area contributed by atoms with Gasteiger partial charge in [-0.25, -0.2) is 0 Å². The first-order valence-corrected chi connectivity index (χ1v) is 10.5. The lowest BCUT2D eigenvalue weighted by Gasteiger charge is -2.28. The number of nitrogens with zero attached hydrogens (tertiary/aromatic N) is 1. The maximum Gasteiger partial charge on any atom is 0.416 e. The fraction of sp³-hybridized carbons (Fsp3) is 0.542. The van der Waals surface area contributed by atoms with Crippen LogP contribution in [0.5, 0.6) is 0 Å². The number of nitriles is 1. The van der Waals surface area contributed by atoms with E-state index in [9.17, 15) is 17.6 Å². The Labute approximate surface area is 170 Å². The molecule has 2 aliphatic rings. The predicted molar refractivity (Wildman–Crippen MR) is 106 cm³/mol. The first-order valence-electron chi connectivity index (χ1n) is 10.5. The lowest BCUT2D eigenvalue weighted by molar-refractivity contribution is -0.137. The van der Waals surface area contributed by atoms with Crippen molar-refractivity contribution in [3.05, 3.63) is 59.4 Å². The lowest BCUT2D eigenvalue weighted by atomic mass is 9.77. The van der Waals surface area contributed by atoms with Crippen molar-refractivity contribution in [3.8, 4) is 6.07 Å². The normalized spacial score (nSPS) is 29.0. The highest BCUT2D eigenvalue weighted by atomic mass is 19.4. The molecule has 0 unspecified atom stereocenters. The summed E-state index contributed by atoms with van der Waals surface area (Å²) in [7, 11) is 0. The molecule has 5 heteroatoms. The summed E-state index contributed by atoms with van der Waals surface area (Å²) in [6.07, 6.45) is 9.84. The monoisotopic (exact) mass is 405 g/mol. The second-order valence-corrected chi connectivity index (χ2v) is 8.42. The zero-order chi connectivity index (χ0) is 20.9. The standard InChI is InChI=1S/C24H27F4N/c25-23(16-29)15-19-5-3-17(4-6-19)1-2-18-7-9-20(10-8-18)21-11-13-22(14-12-21)24(26,27)28/h1-2,11-15,17-20H,3-10H2/t17-,18-,19-,20-. The molecule has 156 valence electrons. The zero-order valence-electron chi connectivity index (χ0n) is 16.5. The number of allylic oxidation sites excluding steroid dienone is 4. The van der Waals surface area contributed by atoms with Crippen LogP contribution in [0.1, 0.15) is 68.4 Å². The van der Waals surface area contributed by atoms with E-state index >= 15 is 0 Å². The number of benzene rings is 1. The zero-order valence-corrected chi connectivity index (χ0v) is 16.5. The third kappa shape index (κ3) is 6.19. The molecular weight excluding hydrogens is 378 g/mol. The highest BCUT2D eigenvalue weighted by Gasteiger charge is 2.30. The van der Waals surface area contributed by atoms with Crippen molar-refractivity contribution in [2.24, 2.45) is 17.8 Å². The van der Waals surface area contributed by atoms with Crippen LogP contribution in [-0.4, -0.2) is 0 Å². The van der Waals surface area contributed by atoms with Crippen LogP contribution in [0.25, 0.3) is 0 Å². The van der Waals surface area contributed by atoms with Gasteiger partial charge in [-0.2, -0.15) is 22.8 Å². The molecular formula is C24H27F4N. The van der Waals surface area contributed by atoms with Crippen LogP contribution in [0.15, 0.2) is 48.3 Å². The van der Waals surface area contributed by atoms with Crippen molar-refractivity contribution in [1.29, 1.82) is 5.26 Å². The Bertz CT molecular complexity index is 754. The fourth-order valence-electron chi connectivity index (χ4n) is 4.65. The van der Waals surface area contributed by atoms with Gasteiger partial charge in [-0.3, -0.25) is 0 Å². The van der Waals surface area contributed by atoms with E-state index < -0.39 is 17.6 Å². The minimum absolute atomic E-state index is 0.179. The molecule has 0 radical (unpaired) electrons. The van der Waals surface area contributed by atoms with Gasteiger partial charge in [0.25, 0.3) is 0 Å². The Kier molecular flexibility index (Phi) is 7.16. The molecule has 0 atom stereocenters. The number of hydrogen-bond acceptors (Lipinski definition) is 1. The summed E-state index contributed by atoms with van der Waals surface area (Å²) in [4.78, 5) is 0. The maximum absolute atomic E-state index is 13.1. The van der Waals surface area contributed by atoms with Crippen LogP contribution in [0.4, 0.5) is 17.6 Å². The van der Waals surface area contributed by atoms with Gasteiger partial charge in [0, 0.05) is 0 Å². The average molecular weight is 405 g/mol. The molecule has 0 N–H and O–H groups in total. The fourth-order valence-corrected chi connectivity index (χ4v) is 4.65. The molecule has 1 aromatic rings. The second-order valence-electron chi connectivity index (χ2n) is 8.42. The van der Waals surface area contributed by atoms with Crippen LogP contribution in [0, 0.1) is 29.1 Å². The van der Waals surface area contributed by atoms with E-state index in [0.29, 0.717) is 17.8 Å². The maximum atomic E-state index is 13.1. The summed E-state index contributed by atoms with van der Waals surface area (Å²) < 4.78 is 51.2. The molecule has 0 spiro atoms. The molecule has 0 aliphatic heterocycles. The largest absolute Gasteiger partial charge is 0.416 e. The molecule has 3 rings (SSSR count). The summed E-state index contributed by atoms with van der Waals surface area (Å²) >= 11 is 0. The van der Waals surface area contributed by atoms with Gasteiger partial charge in [-0.05, 0) is 98.8 Å². The van der Waals surface area contributed by atoms with Gasteiger partial charge in [-0.15, -0.1) is 0 Å². The Hall–Kier alpha value is -2.09. The van der Waals surface area contributed by atoms with Crippen molar-refractivity contribution in [3.63, 3.8) is 0 Å². The van der Waals surface area contributed by atoms with E-state index in [1.54, 1.807) is 18.2 Å². The molecule has 29 heavy (non-hydrogen) atoms.